The number of hydrogen-bond acceptors (Lipinski definition) is 3. The second-order valence-corrected chi connectivity index (χ2v) is 5.96. The predicted octanol–water partition coefficient (Wildman–Crippen LogP) is 1.64. The first-order valence-electron chi connectivity index (χ1n) is 7.87. The summed E-state index contributed by atoms with van der Waals surface area (Å²) in [5, 5.41) is 0. The molecular weight excluding hydrogens is 292 g/mol. The molecule has 2 aliphatic heterocycles. The summed E-state index contributed by atoms with van der Waals surface area (Å²) in [7, 11) is 0. The summed E-state index contributed by atoms with van der Waals surface area (Å²) < 4.78 is 2.08. The predicted molar refractivity (Wildman–Crippen MR) is 83.6 cm³/mol. The molecule has 23 heavy (non-hydrogen) atoms. The summed E-state index contributed by atoms with van der Waals surface area (Å²) in [5.74, 6) is -0.0965. The Morgan fingerprint density at radius 3 is 2.74 bits per heavy atom. The molecule has 0 aliphatic carbocycles. The van der Waals surface area contributed by atoms with Crippen LogP contribution in [-0.2, 0) is 24.3 Å². The second kappa shape index (κ2) is 5.22. The minimum Gasteiger partial charge on any atom is -0.328 e. The third-order valence-corrected chi connectivity index (χ3v) is 4.66. The molecule has 2 aliphatic rings. The first-order valence-corrected chi connectivity index (χ1v) is 7.87. The maximum absolute atomic E-state index is 12.4. The van der Waals surface area contributed by atoms with E-state index in [0.29, 0.717) is 19.5 Å². The summed E-state index contributed by atoms with van der Waals surface area (Å²) in [5.41, 5.74) is 3.15. The SMILES string of the molecule is CCN1C(=O)C2Cc3ncn(Cc4ccccc4)c3CN2C1=O. The zero-order chi connectivity index (χ0) is 16.0. The molecule has 1 saturated heterocycles. The van der Waals surface area contributed by atoms with Gasteiger partial charge in [-0.15, -0.1) is 0 Å². The molecule has 6 heteroatoms. The largest absolute Gasteiger partial charge is 0.328 e. The van der Waals surface area contributed by atoms with E-state index in [1.54, 1.807) is 4.90 Å². The topological polar surface area (TPSA) is 58.4 Å². The van der Waals surface area contributed by atoms with Crippen LogP contribution < -0.4 is 0 Å². The summed E-state index contributed by atoms with van der Waals surface area (Å²) in [4.78, 5) is 32.2. The van der Waals surface area contributed by atoms with Gasteiger partial charge in [-0.1, -0.05) is 30.3 Å². The molecule has 1 fully saturated rings. The lowest BCUT2D eigenvalue weighted by Gasteiger charge is -2.27. The van der Waals surface area contributed by atoms with Crippen LogP contribution in [0.25, 0.3) is 0 Å². The van der Waals surface area contributed by atoms with E-state index in [1.165, 1.54) is 10.5 Å². The fraction of sp³-hybridized carbons (Fsp3) is 0.353. The molecule has 1 aromatic heterocycles. The Balaban J connectivity index is 1.63. The van der Waals surface area contributed by atoms with E-state index < -0.39 is 0 Å². The summed E-state index contributed by atoms with van der Waals surface area (Å²) in [6.45, 7) is 3.43. The Kier molecular flexibility index (Phi) is 3.18. The number of carbonyl (C=O) groups excluding carboxylic acids is 2. The van der Waals surface area contributed by atoms with Crippen molar-refractivity contribution in [2.24, 2.45) is 0 Å². The molecule has 0 spiro atoms. The van der Waals surface area contributed by atoms with E-state index >= 15 is 0 Å². The van der Waals surface area contributed by atoms with Crippen molar-refractivity contribution in [1.29, 1.82) is 0 Å². The van der Waals surface area contributed by atoms with Gasteiger partial charge in [0, 0.05) is 19.5 Å². The van der Waals surface area contributed by atoms with Gasteiger partial charge < -0.3 is 9.47 Å². The number of fused-ring (bicyclic) bond motifs is 2. The van der Waals surface area contributed by atoms with Crippen LogP contribution in [0, 0.1) is 0 Å². The Bertz CT molecular complexity index is 768. The van der Waals surface area contributed by atoms with Crippen molar-refractivity contribution >= 4 is 11.9 Å². The number of rotatable bonds is 3. The first kappa shape index (κ1) is 14.0. The summed E-state index contributed by atoms with van der Waals surface area (Å²) in [6, 6.07) is 9.59. The van der Waals surface area contributed by atoms with Gasteiger partial charge in [-0.25, -0.2) is 9.78 Å². The molecule has 1 aromatic carbocycles. The van der Waals surface area contributed by atoms with Crippen molar-refractivity contribution in [2.75, 3.05) is 6.54 Å². The highest BCUT2D eigenvalue weighted by atomic mass is 16.2. The minimum atomic E-state index is -0.380. The third kappa shape index (κ3) is 2.13. The van der Waals surface area contributed by atoms with Gasteiger partial charge in [-0.2, -0.15) is 0 Å². The molecule has 6 nitrogen and oxygen atoms in total. The third-order valence-electron chi connectivity index (χ3n) is 4.66. The molecule has 0 N–H and O–H groups in total. The number of imidazole rings is 1. The van der Waals surface area contributed by atoms with Crippen LogP contribution in [0.5, 0.6) is 0 Å². The lowest BCUT2D eigenvalue weighted by atomic mass is 10.0. The Morgan fingerprint density at radius 2 is 2.00 bits per heavy atom. The molecule has 118 valence electrons. The van der Waals surface area contributed by atoms with Crippen LogP contribution in [-0.4, -0.2) is 43.9 Å². The fourth-order valence-electron chi connectivity index (χ4n) is 3.43. The number of carbonyl (C=O) groups is 2. The smallest absolute Gasteiger partial charge is 0.327 e. The van der Waals surface area contributed by atoms with Crippen molar-refractivity contribution in [2.45, 2.75) is 32.5 Å². The van der Waals surface area contributed by atoms with Gasteiger partial charge in [0.15, 0.2) is 0 Å². The molecule has 0 bridgehead atoms. The molecule has 4 rings (SSSR count). The number of hydrogen-bond donors (Lipinski definition) is 0. The van der Waals surface area contributed by atoms with Crippen LogP contribution >= 0.6 is 0 Å². The number of aromatic nitrogens is 2. The van der Waals surface area contributed by atoms with Crippen LogP contribution in [0.3, 0.4) is 0 Å². The molecule has 1 atom stereocenters. The van der Waals surface area contributed by atoms with Gasteiger partial charge in [0.05, 0.1) is 24.3 Å². The van der Waals surface area contributed by atoms with Crippen LogP contribution in [0.2, 0.25) is 0 Å². The average Bonchev–Trinajstić information content (AvgIpc) is 3.07. The number of amides is 3. The molecule has 0 saturated carbocycles. The van der Waals surface area contributed by atoms with E-state index in [9.17, 15) is 9.59 Å². The van der Waals surface area contributed by atoms with E-state index in [1.807, 2.05) is 31.5 Å². The summed E-state index contributed by atoms with van der Waals surface area (Å²) >= 11 is 0. The van der Waals surface area contributed by atoms with Crippen molar-refractivity contribution in [3.8, 4) is 0 Å². The minimum absolute atomic E-state index is 0.0965. The van der Waals surface area contributed by atoms with E-state index in [2.05, 4.69) is 21.7 Å². The molecular formula is C17H18N4O2. The summed E-state index contributed by atoms with van der Waals surface area (Å²) in [6.07, 6.45) is 2.32. The Labute approximate surface area is 134 Å². The van der Waals surface area contributed by atoms with Crippen molar-refractivity contribution in [3.63, 3.8) is 0 Å². The number of imide groups is 1. The maximum Gasteiger partial charge on any atom is 0.327 e. The van der Waals surface area contributed by atoms with Gasteiger partial charge in [0.25, 0.3) is 5.91 Å². The highest BCUT2D eigenvalue weighted by Gasteiger charge is 2.47. The molecule has 3 amide bonds. The Morgan fingerprint density at radius 1 is 1.22 bits per heavy atom. The zero-order valence-corrected chi connectivity index (χ0v) is 13.0. The second-order valence-electron chi connectivity index (χ2n) is 5.96. The van der Waals surface area contributed by atoms with Crippen LogP contribution in [0.15, 0.2) is 36.7 Å². The number of benzene rings is 1. The van der Waals surface area contributed by atoms with E-state index in [-0.39, 0.29) is 18.0 Å². The molecule has 0 radical (unpaired) electrons. The van der Waals surface area contributed by atoms with E-state index in [0.717, 1.165) is 17.9 Å². The standard InChI is InChI=1S/C17H18N4O2/c1-2-20-16(22)14-8-13-15(10-21(14)17(20)23)19(11-18-13)9-12-6-4-3-5-7-12/h3-7,11,14H,2,8-10H2,1H3. The normalized spacial score (nSPS) is 20.0. The lowest BCUT2D eigenvalue weighted by Crippen LogP contribution is -2.40. The van der Waals surface area contributed by atoms with Gasteiger partial charge in [-0.3, -0.25) is 9.69 Å². The highest BCUT2D eigenvalue weighted by Crippen LogP contribution is 2.29. The van der Waals surface area contributed by atoms with Crippen LogP contribution in [0.4, 0.5) is 4.79 Å². The van der Waals surface area contributed by atoms with E-state index in [4.69, 9.17) is 0 Å². The molecule has 3 heterocycles. The monoisotopic (exact) mass is 310 g/mol. The average molecular weight is 310 g/mol. The molecule has 2 aromatic rings. The van der Waals surface area contributed by atoms with Crippen molar-refractivity contribution < 1.29 is 9.59 Å². The van der Waals surface area contributed by atoms with Gasteiger partial charge >= 0.3 is 6.03 Å². The lowest BCUT2D eigenvalue weighted by molar-refractivity contribution is -0.128. The van der Waals surface area contributed by atoms with Crippen LogP contribution in [0.1, 0.15) is 23.9 Å². The number of likely N-dealkylation sites (N-methyl/N-ethyl adjacent to an activating group) is 1. The van der Waals surface area contributed by atoms with Gasteiger partial charge in [-0.05, 0) is 12.5 Å². The van der Waals surface area contributed by atoms with Gasteiger partial charge in [0.2, 0.25) is 0 Å². The maximum atomic E-state index is 12.4. The van der Waals surface area contributed by atoms with Crippen molar-refractivity contribution in [1.82, 2.24) is 19.4 Å². The molecule has 1 unspecified atom stereocenters. The van der Waals surface area contributed by atoms with Crippen molar-refractivity contribution in [3.05, 3.63) is 53.6 Å². The van der Waals surface area contributed by atoms with Gasteiger partial charge in [0.1, 0.15) is 6.04 Å². The highest BCUT2D eigenvalue weighted by molar-refractivity contribution is 6.04. The number of urea groups is 1. The first-order chi connectivity index (χ1) is 11.2. The zero-order valence-electron chi connectivity index (χ0n) is 13.0. The quantitative estimate of drug-likeness (QED) is 0.810. The Hall–Kier alpha value is -2.63. The number of nitrogens with zero attached hydrogens (tertiary/aromatic N) is 4. The fourth-order valence-corrected chi connectivity index (χ4v) is 3.43.